The van der Waals surface area contributed by atoms with Crippen molar-refractivity contribution in [3.05, 3.63) is 113 Å². The highest BCUT2D eigenvalue weighted by Gasteiger charge is 2.66. The molecule has 2 aliphatic heterocycles. The molecule has 8 nitrogen and oxygen atoms in total. The van der Waals surface area contributed by atoms with Crippen LogP contribution in [-0.2, 0) is 23.9 Å². The lowest BCUT2D eigenvalue weighted by atomic mass is 9.98. The van der Waals surface area contributed by atoms with E-state index in [0.29, 0.717) is 17.1 Å². The van der Waals surface area contributed by atoms with E-state index in [-0.39, 0.29) is 12.3 Å². The van der Waals surface area contributed by atoms with Gasteiger partial charge in [-0.25, -0.2) is 4.79 Å². The Balaban J connectivity index is 1.34. The summed E-state index contributed by atoms with van der Waals surface area (Å²) in [4.78, 5) is 41.3. The summed E-state index contributed by atoms with van der Waals surface area (Å²) in [5.74, 6) is -0.688. The van der Waals surface area contributed by atoms with Gasteiger partial charge in [0.1, 0.15) is 16.8 Å². The van der Waals surface area contributed by atoms with Crippen LogP contribution in [0.2, 0.25) is 0 Å². The number of hydrogen-bond donors (Lipinski definition) is 1. The second-order valence-electron chi connectivity index (χ2n) is 9.16. The van der Waals surface area contributed by atoms with E-state index in [1.54, 1.807) is 31.2 Å². The maximum Gasteiger partial charge on any atom is 0.356 e. The van der Waals surface area contributed by atoms with E-state index in [1.807, 2.05) is 66.7 Å². The first kappa shape index (κ1) is 26.5. The number of carbonyl (C=O) groups excluding carboxylic acids is 3. The Morgan fingerprint density at radius 1 is 0.974 bits per heavy atom. The summed E-state index contributed by atoms with van der Waals surface area (Å²) in [6.07, 6.45) is -0.661. The molecule has 200 valence electrons. The Labute approximate surface area is 230 Å². The molecule has 1 N–H and O–H groups in total. The number of rotatable bonds is 9. The summed E-state index contributed by atoms with van der Waals surface area (Å²) in [7, 11) is 1.36. The van der Waals surface area contributed by atoms with Gasteiger partial charge in [0, 0.05) is 12.9 Å². The highest BCUT2D eigenvalue weighted by molar-refractivity contribution is 8.00. The standard InChI is InChI=1S/C30H28N2O6S/c1-20-19-39-29-30(36-2,31-24(33)18-37-23-16-10-5-11-17-23)28(35)32(29)25(20)27(34)38-26(21-12-6-3-7-13-21)22-14-8-4-9-15-22/h3-17,26,29H,18-19H2,1-2H3,(H,31,33)/t29-,30-/m0/s1. The van der Waals surface area contributed by atoms with Crippen LogP contribution in [-0.4, -0.2) is 53.3 Å². The van der Waals surface area contributed by atoms with E-state index in [0.717, 1.165) is 11.1 Å². The van der Waals surface area contributed by atoms with Crippen LogP contribution in [0.3, 0.4) is 0 Å². The molecule has 2 amide bonds. The number of benzene rings is 3. The third-order valence-electron chi connectivity index (χ3n) is 6.60. The molecule has 0 radical (unpaired) electrons. The average molecular weight is 545 g/mol. The summed E-state index contributed by atoms with van der Waals surface area (Å²) >= 11 is 1.40. The third kappa shape index (κ3) is 5.15. The number of fused-ring (bicyclic) bond motifs is 1. The first-order valence-corrected chi connectivity index (χ1v) is 13.5. The zero-order valence-electron chi connectivity index (χ0n) is 21.5. The van der Waals surface area contributed by atoms with Gasteiger partial charge in [0.05, 0.1) is 0 Å². The number of esters is 1. The maximum atomic E-state index is 13.7. The summed E-state index contributed by atoms with van der Waals surface area (Å²) in [6, 6.07) is 27.8. The lowest BCUT2D eigenvalue weighted by molar-refractivity contribution is -0.193. The van der Waals surface area contributed by atoms with Crippen LogP contribution < -0.4 is 10.1 Å². The molecule has 2 heterocycles. The molecule has 0 saturated carbocycles. The molecular formula is C30H28N2O6S. The van der Waals surface area contributed by atoms with Crippen molar-refractivity contribution in [2.24, 2.45) is 0 Å². The molecule has 39 heavy (non-hydrogen) atoms. The smallest absolute Gasteiger partial charge is 0.356 e. The molecule has 2 aliphatic rings. The van der Waals surface area contributed by atoms with Gasteiger partial charge in [-0.05, 0) is 35.8 Å². The number of hydrogen-bond acceptors (Lipinski definition) is 7. The Hall–Kier alpha value is -4.08. The van der Waals surface area contributed by atoms with E-state index in [9.17, 15) is 14.4 Å². The van der Waals surface area contributed by atoms with Gasteiger partial charge in [0.25, 0.3) is 17.5 Å². The number of nitrogens with zero attached hydrogens (tertiary/aromatic N) is 1. The molecule has 0 bridgehead atoms. The lowest BCUT2D eigenvalue weighted by Crippen LogP contribution is -2.80. The topological polar surface area (TPSA) is 94.2 Å². The molecule has 0 aromatic heterocycles. The number of para-hydroxylation sites is 1. The maximum absolute atomic E-state index is 13.7. The molecule has 3 aromatic rings. The first-order valence-electron chi connectivity index (χ1n) is 12.4. The fourth-order valence-corrected chi connectivity index (χ4v) is 6.06. The van der Waals surface area contributed by atoms with Crippen molar-refractivity contribution in [1.29, 1.82) is 0 Å². The summed E-state index contributed by atoms with van der Waals surface area (Å²) in [5.41, 5.74) is 0.875. The van der Waals surface area contributed by atoms with Crippen molar-refractivity contribution in [2.45, 2.75) is 24.1 Å². The number of nitrogens with one attached hydrogen (secondary N) is 1. The van der Waals surface area contributed by atoms with Crippen LogP contribution >= 0.6 is 11.8 Å². The second-order valence-corrected chi connectivity index (χ2v) is 10.2. The van der Waals surface area contributed by atoms with Crippen LogP contribution in [0.5, 0.6) is 5.75 Å². The van der Waals surface area contributed by atoms with E-state index in [4.69, 9.17) is 14.2 Å². The van der Waals surface area contributed by atoms with E-state index in [2.05, 4.69) is 5.32 Å². The molecule has 9 heteroatoms. The molecular weight excluding hydrogens is 516 g/mol. The number of methoxy groups -OCH3 is 1. The lowest BCUT2D eigenvalue weighted by Gasteiger charge is -2.55. The van der Waals surface area contributed by atoms with Gasteiger partial charge in [0.15, 0.2) is 12.7 Å². The Bertz CT molecular complexity index is 1340. The minimum Gasteiger partial charge on any atom is -0.484 e. The van der Waals surface area contributed by atoms with Gasteiger partial charge in [-0.15, -0.1) is 11.8 Å². The molecule has 0 spiro atoms. The highest BCUT2D eigenvalue weighted by Crippen LogP contribution is 2.47. The Kier molecular flexibility index (Phi) is 7.72. The van der Waals surface area contributed by atoms with Crippen LogP contribution in [0.1, 0.15) is 24.2 Å². The fourth-order valence-electron chi connectivity index (χ4n) is 4.68. The molecule has 0 aliphatic carbocycles. The minimum absolute atomic E-state index is 0.170. The van der Waals surface area contributed by atoms with Gasteiger partial charge < -0.3 is 19.5 Å². The zero-order valence-corrected chi connectivity index (χ0v) is 22.4. The number of amides is 2. The van der Waals surface area contributed by atoms with E-state index < -0.39 is 35.0 Å². The Morgan fingerprint density at radius 2 is 1.54 bits per heavy atom. The number of thioether (sulfide) groups is 1. The largest absolute Gasteiger partial charge is 0.484 e. The van der Waals surface area contributed by atoms with E-state index >= 15 is 0 Å². The van der Waals surface area contributed by atoms with Crippen molar-refractivity contribution >= 4 is 29.5 Å². The number of carbonyl (C=O) groups is 3. The number of ether oxygens (including phenoxy) is 3. The van der Waals surface area contributed by atoms with Gasteiger partial charge >= 0.3 is 5.97 Å². The van der Waals surface area contributed by atoms with Crippen LogP contribution in [0.25, 0.3) is 0 Å². The predicted molar refractivity (Wildman–Crippen MR) is 146 cm³/mol. The average Bonchev–Trinajstić information content (AvgIpc) is 2.98. The first-order chi connectivity index (χ1) is 18.9. The third-order valence-corrected chi connectivity index (χ3v) is 8.06. The van der Waals surface area contributed by atoms with Gasteiger partial charge in [-0.1, -0.05) is 78.9 Å². The monoisotopic (exact) mass is 544 g/mol. The van der Waals surface area contributed by atoms with Crippen LogP contribution in [0, 0.1) is 0 Å². The molecule has 3 aromatic carbocycles. The summed E-state index contributed by atoms with van der Waals surface area (Å²) in [6.45, 7) is 1.51. The quantitative estimate of drug-likeness (QED) is 0.247. The molecule has 0 unspecified atom stereocenters. The molecule has 5 rings (SSSR count). The van der Waals surface area contributed by atoms with E-state index in [1.165, 1.54) is 23.8 Å². The van der Waals surface area contributed by atoms with Crippen molar-refractivity contribution < 1.29 is 28.6 Å². The van der Waals surface area contributed by atoms with Crippen molar-refractivity contribution in [1.82, 2.24) is 10.2 Å². The SMILES string of the molecule is CO[C@@]1(NC(=O)COc2ccccc2)C(=O)N2C(C(=O)OC(c3ccccc3)c3ccccc3)=C(C)CS[C@H]21. The minimum atomic E-state index is -1.62. The Morgan fingerprint density at radius 3 is 2.10 bits per heavy atom. The van der Waals surface area contributed by atoms with Crippen LogP contribution in [0.15, 0.2) is 102 Å². The number of β-lactam (4-membered cyclic amide) rings is 1. The molecule has 1 saturated heterocycles. The van der Waals surface area contributed by atoms with Gasteiger partial charge in [0.2, 0.25) is 0 Å². The fraction of sp³-hybridized carbons (Fsp3) is 0.233. The highest BCUT2D eigenvalue weighted by atomic mass is 32.2. The molecule has 2 atom stereocenters. The zero-order chi connectivity index (χ0) is 27.4. The summed E-state index contributed by atoms with van der Waals surface area (Å²) < 4.78 is 17.2. The van der Waals surface area contributed by atoms with Crippen molar-refractivity contribution in [3.8, 4) is 5.75 Å². The predicted octanol–water partition coefficient (Wildman–Crippen LogP) is 4.05. The second kappa shape index (κ2) is 11.3. The molecule has 1 fully saturated rings. The van der Waals surface area contributed by atoms with Gasteiger partial charge in [-0.3, -0.25) is 14.5 Å². The van der Waals surface area contributed by atoms with Gasteiger partial charge in [-0.2, -0.15) is 0 Å². The summed E-state index contributed by atoms with van der Waals surface area (Å²) in [5, 5.41) is 2.05. The normalized spacial score (nSPS) is 20.2. The van der Waals surface area contributed by atoms with Crippen LogP contribution in [0.4, 0.5) is 0 Å². The van der Waals surface area contributed by atoms with Crippen molar-refractivity contribution in [3.63, 3.8) is 0 Å². The van der Waals surface area contributed by atoms with Crippen molar-refractivity contribution in [2.75, 3.05) is 19.5 Å².